The van der Waals surface area contributed by atoms with Crippen molar-refractivity contribution in [3.63, 3.8) is 0 Å². The molecule has 4 heteroatoms. The van der Waals surface area contributed by atoms with Crippen LogP contribution in [0.4, 0.5) is 0 Å². The van der Waals surface area contributed by atoms with Gasteiger partial charge in [0.1, 0.15) is 5.58 Å². The van der Waals surface area contributed by atoms with Gasteiger partial charge in [-0.05, 0) is 48.6 Å². The number of hydrogen-bond acceptors (Lipinski definition) is 4. The van der Waals surface area contributed by atoms with E-state index in [-0.39, 0.29) is 18.8 Å². The summed E-state index contributed by atoms with van der Waals surface area (Å²) in [5.74, 6) is 0. The van der Waals surface area contributed by atoms with Crippen LogP contribution in [-0.2, 0) is 12.8 Å². The van der Waals surface area contributed by atoms with Gasteiger partial charge >= 0.3 is 5.63 Å². The molecule has 18 heavy (non-hydrogen) atoms. The van der Waals surface area contributed by atoms with Gasteiger partial charge in [-0.25, -0.2) is 4.79 Å². The van der Waals surface area contributed by atoms with E-state index in [0.29, 0.717) is 18.4 Å². The van der Waals surface area contributed by atoms with Gasteiger partial charge in [0.15, 0.2) is 0 Å². The van der Waals surface area contributed by atoms with Crippen molar-refractivity contribution in [3.8, 4) is 0 Å². The molecule has 0 aliphatic rings. The lowest BCUT2D eigenvalue weighted by Gasteiger charge is -2.10. The van der Waals surface area contributed by atoms with Crippen molar-refractivity contribution in [3.05, 3.63) is 45.3 Å². The second kappa shape index (κ2) is 5.33. The molecule has 1 heterocycles. The first kappa shape index (κ1) is 12.8. The van der Waals surface area contributed by atoms with Gasteiger partial charge in [0, 0.05) is 24.7 Å². The van der Waals surface area contributed by atoms with Crippen LogP contribution < -0.4 is 5.63 Å². The van der Waals surface area contributed by atoms with E-state index in [1.165, 1.54) is 6.07 Å². The van der Waals surface area contributed by atoms with E-state index in [2.05, 4.69) is 0 Å². The summed E-state index contributed by atoms with van der Waals surface area (Å²) in [4.78, 5) is 11.3. The summed E-state index contributed by atoms with van der Waals surface area (Å²) < 4.78 is 5.16. The van der Waals surface area contributed by atoms with Gasteiger partial charge in [0.05, 0.1) is 0 Å². The molecule has 0 aliphatic carbocycles. The van der Waals surface area contributed by atoms with Crippen LogP contribution in [0.2, 0.25) is 0 Å². The largest absolute Gasteiger partial charge is 0.423 e. The molecule has 1 aromatic heterocycles. The van der Waals surface area contributed by atoms with Gasteiger partial charge in [-0.3, -0.25) is 0 Å². The smallest absolute Gasteiger partial charge is 0.336 e. The Morgan fingerprint density at radius 3 is 2.28 bits per heavy atom. The number of hydrogen-bond donors (Lipinski definition) is 2. The zero-order valence-electron chi connectivity index (χ0n) is 10.3. The maximum Gasteiger partial charge on any atom is 0.336 e. The highest BCUT2D eigenvalue weighted by Crippen LogP contribution is 2.22. The molecule has 0 atom stereocenters. The van der Waals surface area contributed by atoms with E-state index < -0.39 is 0 Å². The Morgan fingerprint density at radius 2 is 1.67 bits per heavy atom. The van der Waals surface area contributed by atoms with Crippen LogP contribution in [0, 0.1) is 6.92 Å². The molecule has 96 valence electrons. The highest BCUT2D eigenvalue weighted by molar-refractivity contribution is 5.81. The monoisotopic (exact) mass is 248 g/mol. The van der Waals surface area contributed by atoms with Crippen molar-refractivity contribution < 1.29 is 14.6 Å². The Bertz CT molecular complexity index is 613. The summed E-state index contributed by atoms with van der Waals surface area (Å²) in [5, 5.41) is 19.0. The lowest BCUT2D eigenvalue weighted by atomic mass is 9.98. The SMILES string of the molecule is Cc1cc(=O)oc2cc(CCO)c(CCO)cc12. The molecule has 0 fully saturated rings. The maximum atomic E-state index is 11.3. The molecule has 2 N–H and O–H groups in total. The molecule has 0 bridgehead atoms. The molecule has 4 nitrogen and oxygen atoms in total. The Kier molecular flexibility index (Phi) is 3.79. The number of rotatable bonds is 4. The molecule has 0 spiro atoms. The molecule has 0 amide bonds. The summed E-state index contributed by atoms with van der Waals surface area (Å²) in [5.41, 5.74) is 2.91. The highest BCUT2D eigenvalue weighted by atomic mass is 16.4. The average Bonchev–Trinajstić information content (AvgIpc) is 2.31. The molecule has 0 saturated carbocycles. The summed E-state index contributed by atoms with van der Waals surface area (Å²) in [6.07, 6.45) is 1.02. The van der Waals surface area contributed by atoms with Gasteiger partial charge in [-0.2, -0.15) is 0 Å². The van der Waals surface area contributed by atoms with Crippen molar-refractivity contribution >= 4 is 11.0 Å². The van der Waals surface area contributed by atoms with Gasteiger partial charge < -0.3 is 14.6 Å². The van der Waals surface area contributed by atoms with Crippen molar-refractivity contribution in [2.45, 2.75) is 19.8 Å². The minimum absolute atomic E-state index is 0.0278. The van der Waals surface area contributed by atoms with Crippen molar-refractivity contribution in [1.82, 2.24) is 0 Å². The van der Waals surface area contributed by atoms with Gasteiger partial charge in [-0.15, -0.1) is 0 Å². The minimum Gasteiger partial charge on any atom is -0.423 e. The van der Waals surface area contributed by atoms with Crippen LogP contribution in [0.25, 0.3) is 11.0 Å². The van der Waals surface area contributed by atoms with E-state index in [0.717, 1.165) is 22.1 Å². The first-order chi connectivity index (χ1) is 8.65. The van der Waals surface area contributed by atoms with Crippen LogP contribution in [0.1, 0.15) is 16.7 Å². The van der Waals surface area contributed by atoms with Crippen LogP contribution >= 0.6 is 0 Å². The zero-order valence-corrected chi connectivity index (χ0v) is 10.3. The predicted molar refractivity (Wildman–Crippen MR) is 68.8 cm³/mol. The zero-order chi connectivity index (χ0) is 13.1. The molecule has 1 aromatic carbocycles. The lowest BCUT2D eigenvalue weighted by molar-refractivity contribution is 0.293. The summed E-state index contributed by atoms with van der Waals surface area (Å²) in [6, 6.07) is 5.16. The fourth-order valence-electron chi connectivity index (χ4n) is 2.16. The Morgan fingerprint density at radius 1 is 1.06 bits per heavy atom. The van der Waals surface area contributed by atoms with Crippen molar-refractivity contribution in [2.75, 3.05) is 13.2 Å². The first-order valence-electron chi connectivity index (χ1n) is 5.93. The molecule has 0 radical (unpaired) electrons. The topological polar surface area (TPSA) is 70.7 Å². The third-order valence-electron chi connectivity index (χ3n) is 3.03. The van der Waals surface area contributed by atoms with Gasteiger partial charge in [0.25, 0.3) is 0 Å². The predicted octanol–water partition coefficient (Wildman–Crippen LogP) is 1.17. The average molecular weight is 248 g/mol. The Balaban J connectivity index is 2.67. The number of aliphatic hydroxyl groups is 2. The summed E-state index contributed by atoms with van der Waals surface area (Å²) >= 11 is 0. The third kappa shape index (κ3) is 2.44. The summed E-state index contributed by atoms with van der Waals surface area (Å²) in [6.45, 7) is 1.94. The molecule has 0 aliphatic heterocycles. The molecule has 0 unspecified atom stereocenters. The molecular weight excluding hydrogens is 232 g/mol. The van der Waals surface area contributed by atoms with Gasteiger partial charge in [-0.1, -0.05) is 0 Å². The van der Waals surface area contributed by atoms with Crippen molar-refractivity contribution in [1.29, 1.82) is 0 Å². The Labute approximate surface area is 104 Å². The van der Waals surface area contributed by atoms with Crippen LogP contribution in [0.5, 0.6) is 0 Å². The Hall–Kier alpha value is -1.65. The van der Waals surface area contributed by atoms with E-state index >= 15 is 0 Å². The second-order valence-corrected chi connectivity index (χ2v) is 4.31. The van der Waals surface area contributed by atoms with E-state index in [1.807, 2.05) is 13.0 Å². The lowest BCUT2D eigenvalue weighted by Crippen LogP contribution is -2.03. The normalized spacial score (nSPS) is 11.1. The van der Waals surface area contributed by atoms with Crippen LogP contribution in [0.3, 0.4) is 0 Å². The molecular formula is C14H16O4. The quantitative estimate of drug-likeness (QED) is 0.797. The van der Waals surface area contributed by atoms with Crippen molar-refractivity contribution in [2.24, 2.45) is 0 Å². The van der Waals surface area contributed by atoms with Crippen LogP contribution in [-0.4, -0.2) is 23.4 Å². The standard InChI is InChI=1S/C14H16O4/c1-9-6-14(17)18-13-8-11(3-5-16)10(2-4-15)7-12(9)13/h6-8,15-16H,2-5H2,1H3. The fourth-order valence-corrected chi connectivity index (χ4v) is 2.16. The molecule has 2 aromatic rings. The van der Waals surface area contributed by atoms with E-state index in [9.17, 15) is 4.79 Å². The van der Waals surface area contributed by atoms with Crippen LogP contribution in [0.15, 0.2) is 27.4 Å². The molecule has 2 rings (SSSR count). The number of aryl methyl sites for hydroxylation is 1. The number of fused-ring (bicyclic) bond motifs is 1. The second-order valence-electron chi connectivity index (χ2n) is 4.31. The summed E-state index contributed by atoms with van der Waals surface area (Å²) in [7, 11) is 0. The number of aliphatic hydroxyl groups excluding tert-OH is 2. The fraction of sp³-hybridized carbons (Fsp3) is 0.357. The molecule has 0 saturated heterocycles. The minimum atomic E-state index is -0.371. The third-order valence-corrected chi connectivity index (χ3v) is 3.03. The highest BCUT2D eigenvalue weighted by Gasteiger charge is 2.08. The number of benzene rings is 1. The van der Waals surface area contributed by atoms with Gasteiger partial charge in [0.2, 0.25) is 0 Å². The maximum absolute atomic E-state index is 11.3. The van der Waals surface area contributed by atoms with E-state index in [4.69, 9.17) is 14.6 Å². The van der Waals surface area contributed by atoms with E-state index in [1.54, 1.807) is 6.07 Å². The first-order valence-corrected chi connectivity index (χ1v) is 5.93.